The fourth-order valence-electron chi connectivity index (χ4n) is 4.61. The van der Waals surface area contributed by atoms with E-state index in [1.165, 1.54) is 6.07 Å². The fraction of sp³-hybridized carbons (Fsp3) is 0.385. The van der Waals surface area contributed by atoms with Crippen LogP contribution >= 0.6 is 0 Å². The number of methoxy groups -OCH3 is 2. The average molecular weight is 450 g/mol. The second-order valence-corrected chi connectivity index (χ2v) is 8.70. The van der Waals surface area contributed by atoms with E-state index in [2.05, 4.69) is 0 Å². The molecule has 0 saturated heterocycles. The number of rotatable bonds is 6. The van der Waals surface area contributed by atoms with Gasteiger partial charge in [-0.2, -0.15) is 0 Å². The number of carbonyl (C=O) groups excluding carboxylic acids is 1. The minimum absolute atomic E-state index is 0.118. The summed E-state index contributed by atoms with van der Waals surface area (Å²) in [5.41, 5.74) is 3.09. The van der Waals surface area contributed by atoms with E-state index in [0.717, 1.165) is 41.3 Å². The molecular formula is C26H27NO6. The quantitative estimate of drug-likeness (QED) is 0.529. The lowest BCUT2D eigenvalue weighted by Crippen LogP contribution is -2.43. The number of aryl methyl sites for hydroxylation is 1. The molecule has 1 fully saturated rings. The van der Waals surface area contributed by atoms with E-state index in [1.807, 2.05) is 36.1 Å². The maximum atomic E-state index is 13.1. The van der Waals surface area contributed by atoms with Crippen LogP contribution in [-0.2, 0) is 11.2 Å². The molecule has 1 aliphatic carbocycles. The number of hydrogen-bond acceptors (Lipinski definition) is 6. The third-order valence-electron chi connectivity index (χ3n) is 6.54. The molecule has 0 bridgehead atoms. The molecule has 7 heteroatoms. The SMILES string of the molecule is COc1cc2c(cc1OC)C(COc1ccc3c(C)cc(=O)oc3c1)N(C(=O)C1CC1)CC2. The van der Waals surface area contributed by atoms with E-state index in [1.54, 1.807) is 20.3 Å². The minimum Gasteiger partial charge on any atom is -0.493 e. The standard InChI is InChI=1S/C26H27NO6/c1-15-10-25(28)33-22-12-18(6-7-19(15)22)32-14-21-20-13-24(31-3)23(30-2)11-17(20)8-9-27(21)26(29)16-4-5-16/h6-7,10-13,16,21H,4-5,8-9,14H2,1-3H3. The molecule has 3 aromatic rings. The Bertz CT molecular complexity index is 1280. The van der Waals surface area contributed by atoms with Crippen molar-refractivity contribution in [2.45, 2.75) is 32.2 Å². The summed E-state index contributed by atoms with van der Waals surface area (Å²) >= 11 is 0. The normalized spacial score (nSPS) is 17.5. The number of carbonyl (C=O) groups is 1. The van der Waals surface area contributed by atoms with Gasteiger partial charge in [-0.3, -0.25) is 4.79 Å². The highest BCUT2D eigenvalue weighted by molar-refractivity contribution is 5.82. The van der Waals surface area contributed by atoms with Crippen LogP contribution in [0, 0.1) is 12.8 Å². The van der Waals surface area contributed by atoms with Crippen molar-refractivity contribution in [1.82, 2.24) is 4.90 Å². The van der Waals surface area contributed by atoms with Gasteiger partial charge in [-0.05, 0) is 67.1 Å². The average Bonchev–Trinajstić information content (AvgIpc) is 3.66. The summed E-state index contributed by atoms with van der Waals surface area (Å²) in [4.78, 5) is 26.8. The van der Waals surface area contributed by atoms with E-state index in [-0.39, 0.29) is 30.1 Å². The Morgan fingerprint density at radius 3 is 2.58 bits per heavy atom. The van der Waals surface area contributed by atoms with Gasteiger partial charge in [0, 0.05) is 30.0 Å². The van der Waals surface area contributed by atoms with Crippen molar-refractivity contribution >= 4 is 16.9 Å². The van der Waals surface area contributed by atoms with Gasteiger partial charge in [-0.1, -0.05) is 0 Å². The molecule has 0 spiro atoms. The Labute approximate surface area is 191 Å². The van der Waals surface area contributed by atoms with E-state index in [4.69, 9.17) is 18.6 Å². The second-order valence-electron chi connectivity index (χ2n) is 8.70. The number of fused-ring (bicyclic) bond motifs is 2. The van der Waals surface area contributed by atoms with E-state index in [9.17, 15) is 9.59 Å². The summed E-state index contributed by atoms with van der Waals surface area (Å²) in [6, 6.07) is 10.7. The molecule has 2 aromatic carbocycles. The number of benzene rings is 2. The highest BCUT2D eigenvalue weighted by atomic mass is 16.5. The Morgan fingerprint density at radius 2 is 1.85 bits per heavy atom. The van der Waals surface area contributed by atoms with Gasteiger partial charge in [0.05, 0.1) is 20.3 Å². The first kappa shape index (κ1) is 21.4. The first-order chi connectivity index (χ1) is 16.0. The zero-order valence-electron chi connectivity index (χ0n) is 19.1. The lowest BCUT2D eigenvalue weighted by molar-refractivity contribution is -0.136. The topological polar surface area (TPSA) is 78.2 Å². The van der Waals surface area contributed by atoms with Gasteiger partial charge in [0.25, 0.3) is 0 Å². The van der Waals surface area contributed by atoms with Crippen LogP contribution in [0.5, 0.6) is 17.2 Å². The molecule has 5 rings (SSSR count). The van der Waals surface area contributed by atoms with Crippen molar-refractivity contribution in [3.05, 3.63) is 63.5 Å². The Hall–Kier alpha value is -3.48. The fourth-order valence-corrected chi connectivity index (χ4v) is 4.61. The Kier molecular flexibility index (Phi) is 5.48. The van der Waals surface area contributed by atoms with Crippen LogP contribution in [0.2, 0.25) is 0 Å². The van der Waals surface area contributed by atoms with E-state index < -0.39 is 0 Å². The highest BCUT2D eigenvalue weighted by Crippen LogP contribution is 2.41. The third kappa shape index (κ3) is 4.03. The summed E-state index contributed by atoms with van der Waals surface area (Å²) in [6.45, 7) is 2.79. The predicted molar refractivity (Wildman–Crippen MR) is 123 cm³/mol. The molecule has 1 aliphatic heterocycles. The van der Waals surface area contributed by atoms with Crippen molar-refractivity contribution in [1.29, 1.82) is 0 Å². The van der Waals surface area contributed by atoms with Crippen LogP contribution in [0.3, 0.4) is 0 Å². The lowest BCUT2D eigenvalue weighted by atomic mass is 9.91. The van der Waals surface area contributed by atoms with Gasteiger partial charge < -0.3 is 23.5 Å². The van der Waals surface area contributed by atoms with E-state index in [0.29, 0.717) is 29.4 Å². The maximum Gasteiger partial charge on any atom is 0.336 e. The monoisotopic (exact) mass is 449 g/mol. The van der Waals surface area contributed by atoms with Crippen LogP contribution in [0.4, 0.5) is 0 Å². The van der Waals surface area contributed by atoms with Crippen LogP contribution in [0.15, 0.2) is 45.6 Å². The van der Waals surface area contributed by atoms with Crippen molar-refractivity contribution in [2.75, 3.05) is 27.4 Å². The zero-order chi connectivity index (χ0) is 23.1. The Morgan fingerprint density at radius 1 is 1.09 bits per heavy atom. The smallest absolute Gasteiger partial charge is 0.336 e. The van der Waals surface area contributed by atoms with Gasteiger partial charge >= 0.3 is 5.63 Å². The minimum atomic E-state index is -0.388. The highest BCUT2D eigenvalue weighted by Gasteiger charge is 2.39. The van der Waals surface area contributed by atoms with E-state index >= 15 is 0 Å². The summed E-state index contributed by atoms with van der Waals surface area (Å²) in [5.74, 6) is 2.20. The third-order valence-corrected chi connectivity index (χ3v) is 6.54. The first-order valence-electron chi connectivity index (χ1n) is 11.2. The number of nitrogens with zero attached hydrogens (tertiary/aromatic N) is 1. The van der Waals surface area contributed by atoms with Gasteiger partial charge in [0.15, 0.2) is 11.5 Å². The van der Waals surface area contributed by atoms with Gasteiger partial charge in [-0.25, -0.2) is 4.79 Å². The second kappa shape index (κ2) is 8.46. The molecule has 7 nitrogen and oxygen atoms in total. The van der Waals surface area contributed by atoms with Crippen molar-refractivity contribution in [3.8, 4) is 17.2 Å². The summed E-state index contributed by atoms with van der Waals surface area (Å²) in [5, 5.41) is 0.868. The van der Waals surface area contributed by atoms with Gasteiger partial charge in [-0.15, -0.1) is 0 Å². The molecule has 1 atom stereocenters. The lowest BCUT2D eigenvalue weighted by Gasteiger charge is -2.37. The number of amides is 1. The molecular weight excluding hydrogens is 422 g/mol. The van der Waals surface area contributed by atoms with Crippen LogP contribution in [0.1, 0.15) is 35.6 Å². The number of hydrogen-bond donors (Lipinski definition) is 0. The summed E-state index contributed by atoms with van der Waals surface area (Å²) in [6.07, 6.45) is 2.65. The number of ether oxygens (including phenoxy) is 3. The van der Waals surface area contributed by atoms with Crippen molar-refractivity contribution in [2.24, 2.45) is 5.92 Å². The maximum absolute atomic E-state index is 13.1. The molecule has 0 N–H and O–H groups in total. The molecule has 2 heterocycles. The largest absolute Gasteiger partial charge is 0.493 e. The van der Waals surface area contributed by atoms with Gasteiger partial charge in [0.2, 0.25) is 5.91 Å². The molecule has 1 unspecified atom stereocenters. The summed E-state index contributed by atoms with van der Waals surface area (Å²) in [7, 11) is 3.23. The van der Waals surface area contributed by atoms with Crippen molar-refractivity contribution in [3.63, 3.8) is 0 Å². The van der Waals surface area contributed by atoms with Crippen molar-refractivity contribution < 1.29 is 23.4 Å². The molecule has 1 aromatic heterocycles. The van der Waals surface area contributed by atoms with Crippen LogP contribution in [0.25, 0.3) is 11.0 Å². The molecule has 1 saturated carbocycles. The first-order valence-corrected chi connectivity index (χ1v) is 11.2. The summed E-state index contributed by atoms with van der Waals surface area (Å²) < 4.78 is 22.5. The Balaban J connectivity index is 1.48. The molecule has 2 aliphatic rings. The van der Waals surface area contributed by atoms with Crippen LogP contribution in [-0.4, -0.2) is 38.2 Å². The molecule has 1 amide bonds. The molecule has 33 heavy (non-hydrogen) atoms. The predicted octanol–water partition coefficient (Wildman–Crippen LogP) is 4.03. The molecule has 172 valence electrons. The zero-order valence-corrected chi connectivity index (χ0v) is 19.1. The van der Waals surface area contributed by atoms with Gasteiger partial charge in [0.1, 0.15) is 17.9 Å². The molecule has 0 radical (unpaired) electrons. The van der Waals surface area contributed by atoms with Crippen LogP contribution < -0.4 is 19.8 Å².